The maximum atomic E-state index is 5.82. The number of thioether (sulfide) groups is 1. The first-order valence-electron chi connectivity index (χ1n) is 6.41. The largest absolute Gasteiger partial charge is 0.476 e. The van der Waals surface area contributed by atoms with E-state index in [1.807, 2.05) is 23.9 Å². The van der Waals surface area contributed by atoms with Crippen molar-refractivity contribution in [2.75, 3.05) is 29.2 Å². The Morgan fingerprint density at radius 2 is 2.22 bits per heavy atom. The van der Waals surface area contributed by atoms with E-state index in [-0.39, 0.29) is 0 Å². The SMILES string of the molecule is CCCOc1nc(NC(C)CSCC)ccc1N. The Labute approximate surface area is 114 Å². The molecule has 1 atom stereocenters. The number of rotatable bonds is 8. The first kappa shape index (κ1) is 15.0. The fraction of sp³-hybridized carbons (Fsp3) is 0.615. The molecule has 0 aliphatic heterocycles. The molecule has 1 unspecified atom stereocenters. The number of nitrogen functional groups attached to an aromatic ring is 1. The van der Waals surface area contributed by atoms with Gasteiger partial charge < -0.3 is 15.8 Å². The summed E-state index contributed by atoms with van der Waals surface area (Å²) in [5.41, 5.74) is 6.41. The minimum atomic E-state index is 0.380. The van der Waals surface area contributed by atoms with Crippen molar-refractivity contribution in [2.45, 2.75) is 33.2 Å². The first-order chi connectivity index (χ1) is 8.67. The molecule has 0 bridgehead atoms. The Hall–Kier alpha value is -1.10. The van der Waals surface area contributed by atoms with Crippen LogP contribution in [0.15, 0.2) is 12.1 Å². The zero-order valence-electron chi connectivity index (χ0n) is 11.4. The van der Waals surface area contributed by atoms with Crippen LogP contribution < -0.4 is 15.8 Å². The molecule has 0 fully saturated rings. The minimum Gasteiger partial charge on any atom is -0.476 e. The van der Waals surface area contributed by atoms with E-state index in [0.29, 0.717) is 24.2 Å². The predicted molar refractivity (Wildman–Crippen MR) is 80.5 cm³/mol. The van der Waals surface area contributed by atoms with Crippen LogP contribution in [0.5, 0.6) is 5.88 Å². The fourth-order valence-corrected chi connectivity index (χ4v) is 2.11. The van der Waals surface area contributed by atoms with E-state index < -0.39 is 0 Å². The smallest absolute Gasteiger partial charge is 0.239 e. The van der Waals surface area contributed by atoms with Gasteiger partial charge in [0.1, 0.15) is 5.82 Å². The number of pyridine rings is 1. The topological polar surface area (TPSA) is 60.2 Å². The molecule has 0 saturated heterocycles. The van der Waals surface area contributed by atoms with E-state index in [0.717, 1.165) is 23.7 Å². The summed E-state index contributed by atoms with van der Waals surface area (Å²) in [6.07, 6.45) is 0.947. The molecule has 3 N–H and O–H groups in total. The van der Waals surface area contributed by atoms with Crippen molar-refractivity contribution in [3.05, 3.63) is 12.1 Å². The summed E-state index contributed by atoms with van der Waals surface area (Å²) in [4.78, 5) is 4.39. The van der Waals surface area contributed by atoms with Crippen LogP contribution in [0.3, 0.4) is 0 Å². The van der Waals surface area contributed by atoms with Gasteiger partial charge in [-0.3, -0.25) is 0 Å². The van der Waals surface area contributed by atoms with Gasteiger partial charge in [0.15, 0.2) is 0 Å². The van der Waals surface area contributed by atoms with Crippen molar-refractivity contribution in [3.8, 4) is 5.88 Å². The molecule has 18 heavy (non-hydrogen) atoms. The molecule has 0 aromatic carbocycles. The first-order valence-corrected chi connectivity index (χ1v) is 7.56. The third-order valence-electron chi connectivity index (χ3n) is 2.30. The molecule has 0 radical (unpaired) electrons. The van der Waals surface area contributed by atoms with E-state index in [9.17, 15) is 0 Å². The molecular weight excluding hydrogens is 246 g/mol. The van der Waals surface area contributed by atoms with Crippen molar-refractivity contribution in [1.29, 1.82) is 0 Å². The van der Waals surface area contributed by atoms with Crippen LogP contribution in [-0.4, -0.2) is 29.1 Å². The highest BCUT2D eigenvalue weighted by Gasteiger charge is 2.07. The second-order valence-corrected chi connectivity index (χ2v) is 5.46. The lowest BCUT2D eigenvalue weighted by molar-refractivity contribution is 0.307. The quantitative estimate of drug-likeness (QED) is 0.759. The summed E-state index contributed by atoms with van der Waals surface area (Å²) in [5, 5.41) is 3.35. The number of anilines is 2. The molecule has 0 amide bonds. The zero-order valence-corrected chi connectivity index (χ0v) is 12.2. The Balaban J connectivity index is 2.60. The highest BCUT2D eigenvalue weighted by Crippen LogP contribution is 2.21. The highest BCUT2D eigenvalue weighted by molar-refractivity contribution is 7.99. The van der Waals surface area contributed by atoms with Gasteiger partial charge in [-0.2, -0.15) is 16.7 Å². The molecule has 1 aromatic rings. The predicted octanol–water partition coefficient (Wildman–Crippen LogP) is 3.01. The lowest BCUT2D eigenvalue weighted by Gasteiger charge is -2.15. The number of ether oxygens (including phenoxy) is 1. The van der Waals surface area contributed by atoms with Gasteiger partial charge in [0.05, 0.1) is 12.3 Å². The van der Waals surface area contributed by atoms with Gasteiger partial charge in [0.25, 0.3) is 0 Å². The fourth-order valence-electron chi connectivity index (χ4n) is 1.43. The normalized spacial score (nSPS) is 12.2. The third-order valence-corrected chi connectivity index (χ3v) is 3.44. The molecule has 0 aliphatic carbocycles. The van der Waals surface area contributed by atoms with Crippen LogP contribution in [0, 0.1) is 0 Å². The summed E-state index contributed by atoms with van der Waals surface area (Å²) in [7, 11) is 0. The Bertz CT molecular complexity index is 360. The van der Waals surface area contributed by atoms with Gasteiger partial charge in [0, 0.05) is 11.8 Å². The number of nitrogens with one attached hydrogen (secondary N) is 1. The minimum absolute atomic E-state index is 0.380. The molecule has 102 valence electrons. The van der Waals surface area contributed by atoms with Gasteiger partial charge in [-0.15, -0.1) is 0 Å². The van der Waals surface area contributed by atoms with Gasteiger partial charge in [-0.25, -0.2) is 0 Å². The molecule has 1 rings (SSSR count). The average molecular weight is 269 g/mol. The molecule has 1 heterocycles. The molecular formula is C13H23N3OS. The Morgan fingerprint density at radius 1 is 1.44 bits per heavy atom. The molecule has 0 spiro atoms. The number of nitrogens with two attached hydrogens (primary N) is 1. The van der Waals surface area contributed by atoms with Crippen molar-refractivity contribution in [1.82, 2.24) is 4.98 Å². The summed E-state index contributed by atoms with van der Waals surface area (Å²) in [6.45, 7) is 7.01. The Kier molecular flexibility index (Phi) is 6.72. The molecule has 5 heteroatoms. The maximum absolute atomic E-state index is 5.82. The number of hydrogen-bond acceptors (Lipinski definition) is 5. The van der Waals surface area contributed by atoms with Crippen LogP contribution in [-0.2, 0) is 0 Å². The molecule has 0 saturated carbocycles. The second kappa shape index (κ2) is 8.08. The number of hydrogen-bond donors (Lipinski definition) is 2. The summed E-state index contributed by atoms with van der Waals surface area (Å²) >= 11 is 1.91. The van der Waals surface area contributed by atoms with Crippen LogP contribution in [0.4, 0.5) is 11.5 Å². The van der Waals surface area contributed by atoms with Gasteiger partial charge in [0.2, 0.25) is 5.88 Å². The van der Waals surface area contributed by atoms with Crippen molar-refractivity contribution in [2.24, 2.45) is 0 Å². The van der Waals surface area contributed by atoms with Crippen molar-refractivity contribution >= 4 is 23.3 Å². The second-order valence-electron chi connectivity index (χ2n) is 4.14. The monoisotopic (exact) mass is 269 g/mol. The van der Waals surface area contributed by atoms with Crippen LogP contribution in [0.1, 0.15) is 27.2 Å². The van der Waals surface area contributed by atoms with E-state index in [4.69, 9.17) is 10.5 Å². The molecule has 4 nitrogen and oxygen atoms in total. The molecule has 1 aromatic heterocycles. The number of aromatic nitrogens is 1. The Morgan fingerprint density at radius 3 is 2.89 bits per heavy atom. The van der Waals surface area contributed by atoms with Crippen molar-refractivity contribution in [3.63, 3.8) is 0 Å². The van der Waals surface area contributed by atoms with Gasteiger partial charge >= 0.3 is 0 Å². The van der Waals surface area contributed by atoms with Crippen LogP contribution in [0.25, 0.3) is 0 Å². The van der Waals surface area contributed by atoms with Crippen LogP contribution >= 0.6 is 11.8 Å². The maximum Gasteiger partial charge on any atom is 0.239 e. The summed E-state index contributed by atoms with van der Waals surface area (Å²) < 4.78 is 5.51. The average Bonchev–Trinajstić information content (AvgIpc) is 2.37. The van der Waals surface area contributed by atoms with E-state index in [1.165, 1.54) is 0 Å². The summed E-state index contributed by atoms with van der Waals surface area (Å²) in [6, 6.07) is 4.10. The van der Waals surface area contributed by atoms with Gasteiger partial charge in [-0.05, 0) is 31.2 Å². The molecule has 0 aliphatic rings. The van der Waals surface area contributed by atoms with E-state index in [2.05, 4.69) is 31.1 Å². The summed E-state index contributed by atoms with van der Waals surface area (Å²) in [5.74, 6) is 3.54. The van der Waals surface area contributed by atoms with E-state index >= 15 is 0 Å². The third kappa shape index (κ3) is 5.04. The van der Waals surface area contributed by atoms with Crippen molar-refractivity contribution < 1.29 is 4.74 Å². The number of nitrogens with zero attached hydrogens (tertiary/aromatic N) is 1. The zero-order chi connectivity index (χ0) is 13.4. The van der Waals surface area contributed by atoms with Gasteiger partial charge in [-0.1, -0.05) is 13.8 Å². The lowest BCUT2D eigenvalue weighted by Crippen LogP contribution is -2.19. The lowest BCUT2D eigenvalue weighted by atomic mass is 10.3. The standard InChI is InChI=1S/C13H23N3OS/c1-4-8-17-13-11(14)6-7-12(16-13)15-10(3)9-18-5-2/h6-7,10H,4-5,8-9,14H2,1-3H3,(H,15,16). The highest BCUT2D eigenvalue weighted by atomic mass is 32.2. The van der Waals surface area contributed by atoms with E-state index in [1.54, 1.807) is 0 Å². The van der Waals surface area contributed by atoms with Crippen LogP contribution in [0.2, 0.25) is 0 Å².